The number of fused-ring (bicyclic) bond motifs is 3. The summed E-state index contributed by atoms with van der Waals surface area (Å²) < 4.78 is 16.3. The van der Waals surface area contributed by atoms with E-state index in [0.29, 0.717) is 0 Å². The summed E-state index contributed by atoms with van der Waals surface area (Å²) in [6.45, 7) is 8.41. The Hall–Kier alpha value is -3.54. The van der Waals surface area contributed by atoms with Crippen LogP contribution in [-0.4, -0.2) is 39.0 Å². The van der Waals surface area contributed by atoms with Gasteiger partial charge in [-0.15, -0.1) is 0 Å². The maximum atomic E-state index is 5.57. The zero-order valence-electron chi connectivity index (χ0n) is 18.7. The highest BCUT2D eigenvalue weighted by Crippen LogP contribution is 2.28. The van der Waals surface area contributed by atoms with E-state index in [4.69, 9.17) is 14.2 Å². The van der Waals surface area contributed by atoms with Gasteiger partial charge in [0.05, 0.1) is 23.6 Å². The lowest BCUT2D eigenvalue weighted by Gasteiger charge is -2.24. The van der Waals surface area contributed by atoms with E-state index >= 15 is 0 Å². The summed E-state index contributed by atoms with van der Waals surface area (Å²) in [5, 5.41) is 9.80. The number of hydrogen-bond donors (Lipinski definition) is 3. The molecule has 0 saturated heterocycles. The monoisotopic (exact) mass is 439 g/mol. The summed E-state index contributed by atoms with van der Waals surface area (Å²) in [7, 11) is 0. The Balaban J connectivity index is 0.000000252. The zero-order chi connectivity index (χ0) is 22.2. The average molecular weight is 440 g/mol. The second-order valence-electron chi connectivity index (χ2n) is 7.85. The van der Waals surface area contributed by atoms with E-state index in [0.717, 1.165) is 67.2 Å². The van der Waals surface area contributed by atoms with Gasteiger partial charge in [0.15, 0.2) is 0 Å². The molecule has 0 aromatic heterocycles. The number of hydrogen-bond acceptors (Lipinski definition) is 6. The highest BCUT2D eigenvalue weighted by Gasteiger charge is 2.13. The van der Waals surface area contributed by atoms with Crippen molar-refractivity contribution in [2.75, 3.05) is 48.8 Å². The fourth-order valence-electron chi connectivity index (χ4n) is 3.57. The number of ether oxygens (including phenoxy) is 3. The van der Waals surface area contributed by atoms with Gasteiger partial charge in [-0.3, -0.25) is 0 Å². The Morgan fingerprint density at radius 1 is 0.719 bits per heavy atom. The maximum absolute atomic E-state index is 5.57. The maximum Gasteiger partial charge on any atom is 0.142 e. The summed E-state index contributed by atoms with van der Waals surface area (Å²) in [6, 6.07) is 22.2. The summed E-state index contributed by atoms with van der Waals surface area (Å²) in [5.41, 5.74) is 4.59. The first-order valence-electron chi connectivity index (χ1n) is 11.1. The van der Waals surface area contributed by atoms with E-state index in [2.05, 4.69) is 41.9 Å². The topological polar surface area (TPSA) is 63.8 Å². The Morgan fingerprint density at radius 3 is 2.03 bits per heavy atom. The van der Waals surface area contributed by atoms with Crippen LogP contribution in [0, 0.1) is 6.92 Å². The first kappa shape index (κ1) is 21.7. The predicted molar refractivity (Wildman–Crippen MR) is 137 cm³/mol. The molecule has 3 aliphatic rings. The summed E-state index contributed by atoms with van der Waals surface area (Å²) in [5.74, 6) is 2.90. The first-order valence-corrected chi connectivity index (χ1v) is 11.1. The van der Waals surface area contributed by atoms with E-state index in [-0.39, 0.29) is 10.4 Å². The molecule has 32 heavy (non-hydrogen) atoms. The van der Waals surface area contributed by atoms with Crippen molar-refractivity contribution in [2.45, 2.75) is 20.0 Å². The summed E-state index contributed by atoms with van der Waals surface area (Å²) >= 11 is 0. The van der Waals surface area contributed by atoms with Gasteiger partial charge in [-0.05, 0) is 55.8 Å². The quantitative estimate of drug-likeness (QED) is 0.405. The summed E-state index contributed by atoms with van der Waals surface area (Å²) in [4.78, 5) is 0. The molecule has 0 aliphatic carbocycles. The molecule has 3 N–H and O–H groups in total. The zero-order valence-corrected chi connectivity index (χ0v) is 18.7. The molecule has 3 aliphatic heterocycles. The van der Waals surface area contributed by atoms with E-state index in [1.54, 1.807) is 0 Å². The van der Waals surface area contributed by atoms with Crippen LogP contribution in [0.1, 0.15) is 16.8 Å². The number of nitrogens with one attached hydrogen (secondary N) is 3. The minimum absolute atomic E-state index is 0. The second-order valence-corrected chi connectivity index (χ2v) is 7.85. The molecule has 0 spiro atoms. The van der Waals surface area contributed by atoms with Crippen molar-refractivity contribution in [3.8, 4) is 17.2 Å². The molecule has 3 aromatic rings. The molecule has 0 saturated carbocycles. The molecular weight excluding hydrogens is 402 g/mol. The Labute approximate surface area is 194 Å². The fraction of sp³-hybridized carbons (Fsp3) is 0.308. The third kappa shape index (κ3) is 5.78. The molecule has 6 rings (SSSR count). The lowest BCUT2D eigenvalue weighted by atomic mass is 10.2. The van der Waals surface area contributed by atoms with Crippen LogP contribution in [-0.2, 0) is 0 Å². The van der Waals surface area contributed by atoms with Gasteiger partial charge >= 0.3 is 0 Å². The molecule has 174 valence electrons. The smallest absolute Gasteiger partial charge is 0.142 e. The van der Waals surface area contributed by atoms with Crippen LogP contribution in [0.2, 0.25) is 0 Å². The highest BCUT2D eigenvalue weighted by molar-refractivity contribution is 5.59. The molecule has 0 fully saturated rings. The SMILES string of the molecule is CC1CNc2ccccc2O1.Cc1ccc2c(c1)NCCO2.[HH].[HH].[HH].c1ccc2c(c1)NCCO2. The third-order valence-electron chi connectivity index (χ3n) is 5.17. The van der Waals surface area contributed by atoms with Gasteiger partial charge in [-0.25, -0.2) is 0 Å². The molecule has 0 amide bonds. The number of benzene rings is 3. The van der Waals surface area contributed by atoms with Crippen LogP contribution in [0.3, 0.4) is 0 Å². The number of anilines is 3. The minimum Gasteiger partial charge on any atom is -0.490 e. The molecule has 6 heteroatoms. The van der Waals surface area contributed by atoms with Gasteiger partial charge in [-0.1, -0.05) is 30.3 Å². The Morgan fingerprint density at radius 2 is 1.31 bits per heavy atom. The Kier molecular flexibility index (Phi) is 7.23. The van der Waals surface area contributed by atoms with Crippen molar-refractivity contribution in [1.29, 1.82) is 0 Å². The fourth-order valence-corrected chi connectivity index (χ4v) is 3.57. The lowest BCUT2D eigenvalue weighted by molar-refractivity contribution is 0.226. The number of aryl methyl sites for hydroxylation is 1. The average Bonchev–Trinajstić information content (AvgIpc) is 2.85. The lowest BCUT2D eigenvalue weighted by Crippen LogP contribution is -2.27. The van der Waals surface area contributed by atoms with Crippen molar-refractivity contribution in [1.82, 2.24) is 0 Å². The van der Waals surface area contributed by atoms with Crippen molar-refractivity contribution in [3.63, 3.8) is 0 Å². The van der Waals surface area contributed by atoms with Crippen LogP contribution in [0.4, 0.5) is 17.1 Å². The van der Waals surface area contributed by atoms with E-state index in [1.165, 1.54) is 5.56 Å². The van der Waals surface area contributed by atoms with Crippen molar-refractivity contribution in [3.05, 3.63) is 72.3 Å². The predicted octanol–water partition coefficient (Wildman–Crippen LogP) is 5.91. The largest absolute Gasteiger partial charge is 0.490 e. The Bertz CT molecular complexity index is 1010. The standard InChI is InChI=1S/2C9H11NO.C8H9NO.3H2/c1-7-2-3-9-8(6-7)10-4-5-11-9;1-7-6-10-8-4-2-3-5-9(8)11-7;1-2-4-8-7(3-1)9-5-6-10-8;;;/h2-3,6,10H,4-5H2,1H3;2-5,7,10H,6H2,1H3;1-4,9H,5-6H2;3*1H. The molecular formula is C26H37N3O3. The molecule has 1 unspecified atom stereocenters. The van der Waals surface area contributed by atoms with Crippen LogP contribution in [0.15, 0.2) is 66.7 Å². The van der Waals surface area contributed by atoms with E-state index in [9.17, 15) is 0 Å². The van der Waals surface area contributed by atoms with E-state index in [1.807, 2.05) is 54.6 Å². The molecule has 0 bridgehead atoms. The summed E-state index contributed by atoms with van der Waals surface area (Å²) in [6.07, 6.45) is 0.282. The van der Waals surface area contributed by atoms with Crippen LogP contribution in [0.25, 0.3) is 0 Å². The van der Waals surface area contributed by atoms with Crippen molar-refractivity contribution in [2.24, 2.45) is 0 Å². The molecule has 3 heterocycles. The number of rotatable bonds is 0. The number of para-hydroxylation sites is 4. The van der Waals surface area contributed by atoms with E-state index < -0.39 is 0 Å². The van der Waals surface area contributed by atoms with Gasteiger partial charge in [0.25, 0.3) is 0 Å². The molecule has 6 nitrogen and oxygen atoms in total. The van der Waals surface area contributed by atoms with Crippen LogP contribution < -0.4 is 30.2 Å². The minimum atomic E-state index is 0. The second kappa shape index (κ2) is 10.7. The van der Waals surface area contributed by atoms with Gasteiger partial charge in [0.2, 0.25) is 0 Å². The van der Waals surface area contributed by atoms with Gasteiger partial charge in [-0.2, -0.15) is 0 Å². The highest BCUT2D eigenvalue weighted by atomic mass is 16.5. The first-order chi connectivity index (χ1) is 15.7. The third-order valence-corrected chi connectivity index (χ3v) is 5.17. The molecule has 3 aromatic carbocycles. The molecule has 1 atom stereocenters. The molecule has 0 radical (unpaired) electrons. The van der Waals surface area contributed by atoms with Crippen molar-refractivity contribution >= 4 is 17.1 Å². The van der Waals surface area contributed by atoms with Crippen LogP contribution >= 0.6 is 0 Å². The van der Waals surface area contributed by atoms with Crippen LogP contribution in [0.5, 0.6) is 17.2 Å². The normalized spacial score (nSPS) is 17.0. The van der Waals surface area contributed by atoms with Gasteiger partial charge in [0.1, 0.15) is 36.6 Å². The van der Waals surface area contributed by atoms with Gasteiger partial charge in [0, 0.05) is 17.4 Å². The van der Waals surface area contributed by atoms with Gasteiger partial charge < -0.3 is 30.2 Å². The van der Waals surface area contributed by atoms with Crippen molar-refractivity contribution < 1.29 is 18.5 Å².